The molecular formula is C96H72N4. The Labute approximate surface area is 582 Å². The highest BCUT2D eigenvalue weighted by Gasteiger charge is 2.18. The van der Waals surface area contributed by atoms with Gasteiger partial charge in [-0.25, -0.2) is 0 Å². The van der Waals surface area contributed by atoms with Gasteiger partial charge in [-0.05, 0) is 185 Å². The number of aryl methyl sites for hydroxylation is 4. The van der Waals surface area contributed by atoms with E-state index in [2.05, 4.69) is 410 Å². The molecular weight excluding hydrogens is 1210 g/mol. The van der Waals surface area contributed by atoms with Gasteiger partial charge in [0, 0.05) is 65.8 Å². The minimum Gasteiger partial charge on any atom is -0.309 e. The Morgan fingerprint density at radius 3 is 1.01 bits per heavy atom. The van der Waals surface area contributed by atoms with E-state index in [1.165, 1.54) is 176 Å². The second kappa shape index (κ2) is 26.0. The van der Waals surface area contributed by atoms with E-state index in [1.54, 1.807) is 0 Å². The van der Waals surface area contributed by atoms with E-state index in [4.69, 9.17) is 0 Å². The van der Waals surface area contributed by atoms with E-state index < -0.39 is 0 Å². The van der Waals surface area contributed by atoms with Crippen LogP contribution in [0.1, 0.15) is 22.3 Å². The Morgan fingerprint density at radius 2 is 0.530 bits per heavy atom. The smallest absolute Gasteiger partial charge is 0.0547 e. The first-order valence-corrected chi connectivity index (χ1v) is 34.6. The largest absolute Gasteiger partial charge is 0.309 e. The van der Waals surface area contributed by atoms with Gasteiger partial charge in [0.15, 0.2) is 0 Å². The second-order valence-corrected chi connectivity index (χ2v) is 26.2. The number of nitrogens with zero attached hydrogens (tertiary/aromatic N) is 4. The summed E-state index contributed by atoms with van der Waals surface area (Å²) in [5, 5.41) is 15.7. The molecule has 0 spiro atoms. The summed E-state index contributed by atoms with van der Waals surface area (Å²) in [5.74, 6) is 0. The van der Waals surface area contributed by atoms with Gasteiger partial charge in [0.1, 0.15) is 0 Å². The van der Waals surface area contributed by atoms with Crippen LogP contribution >= 0.6 is 0 Å². The van der Waals surface area contributed by atoms with Gasteiger partial charge >= 0.3 is 0 Å². The Bertz CT molecular complexity index is 6330. The van der Waals surface area contributed by atoms with Crippen LogP contribution in [0.3, 0.4) is 0 Å². The summed E-state index contributed by atoms with van der Waals surface area (Å²) in [5.41, 5.74) is 25.1. The molecule has 0 N–H and O–H groups in total. The van der Waals surface area contributed by atoms with E-state index >= 15 is 0 Å². The molecule has 20 aromatic rings. The highest BCUT2D eigenvalue weighted by Crippen LogP contribution is 2.41. The fourth-order valence-electron chi connectivity index (χ4n) is 15.3. The SMILES string of the molecule is Cc1cc(-n2c3ccccc3c3ccccc32)ccc1-c1ccccc1.Cc1ccc(-n2c3ccccc3c3c4ccccc4ccc32)cc1.Cc1cccc(-n2c3ccccc3c3c4ccccc4ccc32)c1.Cc1ccccc1-c1ccc(-n2c3ccccc3c3ccccc32)cc1. The van der Waals surface area contributed by atoms with Gasteiger partial charge in [0.05, 0.1) is 44.1 Å². The van der Waals surface area contributed by atoms with Crippen LogP contribution in [0.4, 0.5) is 0 Å². The number of fused-ring (bicyclic) bond motifs is 16. The topological polar surface area (TPSA) is 19.7 Å². The van der Waals surface area contributed by atoms with Crippen LogP contribution < -0.4 is 0 Å². The number of aromatic nitrogens is 4. The normalized spacial score (nSPS) is 11.4. The summed E-state index contributed by atoms with van der Waals surface area (Å²) < 4.78 is 9.47. The monoisotopic (exact) mass is 1280 g/mol. The van der Waals surface area contributed by atoms with Gasteiger partial charge in [-0.2, -0.15) is 0 Å². The van der Waals surface area contributed by atoms with Crippen molar-refractivity contribution in [2.24, 2.45) is 0 Å². The van der Waals surface area contributed by atoms with Crippen molar-refractivity contribution >= 4 is 109 Å². The van der Waals surface area contributed by atoms with E-state index in [1.807, 2.05) is 0 Å². The molecule has 0 amide bonds. The first-order valence-electron chi connectivity index (χ1n) is 34.6. The average molecular weight is 1280 g/mol. The minimum atomic E-state index is 1.19. The number of rotatable bonds is 6. The fourth-order valence-corrected chi connectivity index (χ4v) is 15.3. The molecule has 4 heteroatoms. The minimum absolute atomic E-state index is 1.19. The highest BCUT2D eigenvalue weighted by molar-refractivity contribution is 6.22. The Kier molecular flexibility index (Phi) is 15.8. The predicted molar refractivity (Wildman–Crippen MR) is 428 cm³/mol. The van der Waals surface area contributed by atoms with Gasteiger partial charge in [0.2, 0.25) is 0 Å². The first kappa shape index (κ1) is 60.9. The molecule has 0 saturated heterocycles. The van der Waals surface area contributed by atoms with Crippen LogP contribution in [0.25, 0.3) is 154 Å². The predicted octanol–water partition coefficient (Wildman–Crippen LogP) is 26.0. The van der Waals surface area contributed by atoms with Crippen molar-refractivity contribution in [3.63, 3.8) is 0 Å². The summed E-state index contributed by atoms with van der Waals surface area (Å²) in [4.78, 5) is 0. The van der Waals surface area contributed by atoms with Crippen LogP contribution in [0.5, 0.6) is 0 Å². The molecule has 0 radical (unpaired) electrons. The van der Waals surface area contributed by atoms with E-state index in [-0.39, 0.29) is 0 Å². The van der Waals surface area contributed by atoms with Crippen LogP contribution in [0.15, 0.2) is 364 Å². The van der Waals surface area contributed by atoms with Crippen molar-refractivity contribution in [1.29, 1.82) is 0 Å². The molecule has 100 heavy (non-hydrogen) atoms. The van der Waals surface area contributed by atoms with Gasteiger partial charge in [0.25, 0.3) is 0 Å². The van der Waals surface area contributed by atoms with Gasteiger partial charge in [-0.3, -0.25) is 0 Å². The highest BCUT2D eigenvalue weighted by atomic mass is 15.0. The third-order valence-corrected chi connectivity index (χ3v) is 20.0. The number of hydrogen-bond donors (Lipinski definition) is 0. The quantitative estimate of drug-likeness (QED) is 0.158. The molecule has 0 bridgehead atoms. The summed E-state index contributed by atoms with van der Waals surface area (Å²) in [6.07, 6.45) is 0. The third-order valence-electron chi connectivity index (χ3n) is 20.0. The number of para-hydroxylation sites is 6. The summed E-state index contributed by atoms with van der Waals surface area (Å²) in [6.45, 7) is 8.63. The first-order chi connectivity index (χ1) is 49.3. The lowest BCUT2D eigenvalue weighted by Crippen LogP contribution is -1.95. The fraction of sp³-hybridized carbons (Fsp3) is 0.0417. The molecule has 476 valence electrons. The lowest BCUT2D eigenvalue weighted by atomic mass is 10.00. The average Bonchev–Trinajstić information content (AvgIpc) is 1.60. The van der Waals surface area contributed by atoms with Crippen molar-refractivity contribution in [2.75, 3.05) is 0 Å². The Balaban J connectivity index is 0.0000000997. The lowest BCUT2D eigenvalue weighted by Gasteiger charge is -2.12. The van der Waals surface area contributed by atoms with Crippen LogP contribution in [-0.4, -0.2) is 18.3 Å². The second-order valence-electron chi connectivity index (χ2n) is 26.2. The van der Waals surface area contributed by atoms with Crippen molar-refractivity contribution in [3.8, 4) is 45.0 Å². The maximum absolute atomic E-state index is 2.38. The summed E-state index contributed by atoms with van der Waals surface area (Å²) in [7, 11) is 0. The zero-order valence-electron chi connectivity index (χ0n) is 56.4. The van der Waals surface area contributed by atoms with Gasteiger partial charge in [-0.15, -0.1) is 0 Å². The molecule has 0 fully saturated rings. The molecule has 0 unspecified atom stereocenters. The van der Waals surface area contributed by atoms with Crippen molar-refractivity contribution in [3.05, 3.63) is 386 Å². The van der Waals surface area contributed by atoms with E-state index in [0.717, 1.165) is 0 Å². The number of benzene rings is 16. The maximum Gasteiger partial charge on any atom is 0.0547 e. The van der Waals surface area contributed by atoms with Gasteiger partial charge in [-0.1, -0.05) is 272 Å². The van der Waals surface area contributed by atoms with Crippen molar-refractivity contribution < 1.29 is 0 Å². The van der Waals surface area contributed by atoms with Gasteiger partial charge < -0.3 is 18.3 Å². The molecule has 0 aliphatic rings. The van der Waals surface area contributed by atoms with Crippen LogP contribution in [0, 0.1) is 27.7 Å². The number of hydrogen-bond acceptors (Lipinski definition) is 0. The standard InChI is InChI=1S/2C25H19N.2C23H17N/c1-18-8-2-3-9-21(18)19-14-16-20(17-15-19)26-24-12-6-4-10-22(24)23-11-5-7-13-25(23)26;1-18-17-20(15-16-21(18)19-9-3-2-4-10-19)26-24-13-7-5-11-22(24)23-12-6-8-14-25(23)26;1-16-7-6-9-18(15-16)24-21-12-5-4-11-20(21)23-19-10-3-2-8-17(19)13-14-22(23)24;1-16-10-13-18(14-11-16)24-21-9-5-4-8-20(21)23-19-7-3-2-6-17(19)12-15-22(23)24/h2*2-17H,1H3;2*2-15H,1H3. The van der Waals surface area contributed by atoms with Crippen LogP contribution in [-0.2, 0) is 0 Å². The maximum atomic E-state index is 2.38. The Morgan fingerprint density at radius 1 is 0.180 bits per heavy atom. The molecule has 0 aliphatic carbocycles. The summed E-state index contributed by atoms with van der Waals surface area (Å²) >= 11 is 0. The molecule has 16 aromatic carbocycles. The zero-order valence-corrected chi connectivity index (χ0v) is 56.4. The Hall–Kier alpha value is -12.8. The molecule has 4 nitrogen and oxygen atoms in total. The molecule has 0 aliphatic heterocycles. The molecule has 4 aromatic heterocycles. The third kappa shape index (κ3) is 10.9. The van der Waals surface area contributed by atoms with E-state index in [9.17, 15) is 0 Å². The van der Waals surface area contributed by atoms with Crippen molar-refractivity contribution in [1.82, 2.24) is 18.3 Å². The molecule has 0 saturated carbocycles. The lowest BCUT2D eigenvalue weighted by molar-refractivity contribution is 1.17. The molecule has 4 heterocycles. The molecule has 20 rings (SSSR count). The summed E-state index contributed by atoms with van der Waals surface area (Å²) in [6, 6.07) is 130. The molecule has 0 atom stereocenters. The van der Waals surface area contributed by atoms with Crippen LogP contribution in [0.2, 0.25) is 0 Å². The zero-order chi connectivity index (χ0) is 67.2. The van der Waals surface area contributed by atoms with Crippen molar-refractivity contribution in [2.45, 2.75) is 27.7 Å². The van der Waals surface area contributed by atoms with E-state index in [0.29, 0.717) is 0 Å².